The Kier molecular flexibility index (Phi) is 7.80. The first kappa shape index (κ1) is 22.1. The van der Waals surface area contributed by atoms with Crippen molar-refractivity contribution in [1.29, 1.82) is 0 Å². The standard InChI is InChI=1S/C28H33ClN2/c1-23(7-8-24-9-13-27(14-10-24)26-5-3-2-4-6-26)21-30-17-19-31(20-18-30)22-25-11-15-28(29)16-12-25/h2-6,9-16,23H,7-8,17-22H2,1H3/t23-/m0/s1. The van der Waals surface area contributed by atoms with Crippen LogP contribution in [0.4, 0.5) is 0 Å². The van der Waals surface area contributed by atoms with Crippen molar-refractivity contribution in [3.63, 3.8) is 0 Å². The summed E-state index contributed by atoms with van der Waals surface area (Å²) in [5, 5.41) is 0.815. The lowest BCUT2D eigenvalue weighted by Gasteiger charge is -2.36. The largest absolute Gasteiger partial charge is 0.301 e. The maximum absolute atomic E-state index is 6.00. The third kappa shape index (κ3) is 6.67. The molecule has 1 saturated heterocycles. The van der Waals surface area contributed by atoms with Gasteiger partial charge in [0.2, 0.25) is 0 Å². The molecule has 0 saturated carbocycles. The normalized spacial score (nSPS) is 16.3. The van der Waals surface area contributed by atoms with Crippen LogP contribution in [0.2, 0.25) is 5.02 Å². The molecule has 0 aliphatic carbocycles. The number of aryl methyl sites for hydroxylation is 1. The van der Waals surface area contributed by atoms with Crippen LogP contribution in [0.25, 0.3) is 11.1 Å². The highest BCUT2D eigenvalue weighted by Gasteiger charge is 2.18. The van der Waals surface area contributed by atoms with Gasteiger partial charge in [-0.3, -0.25) is 4.90 Å². The number of hydrogen-bond donors (Lipinski definition) is 0. The van der Waals surface area contributed by atoms with E-state index >= 15 is 0 Å². The van der Waals surface area contributed by atoms with E-state index in [-0.39, 0.29) is 0 Å². The van der Waals surface area contributed by atoms with Crippen LogP contribution < -0.4 is 0 Å². The molecule has 0 N–H and O–H groups in total. The average molecular weight is 433 g/mol. The Morgan fingerprint density at radius 3 is 1.97 bits per heavy atom. The van der Waals surface area contributed by atoms with E-state index in [1.165, 1.54) is 48.3 Å². The molecule has 0 amide bonds. The van der Waals surface area contributed by atoms with Gasteiger partial charge in [-0.1, -0.05) is 85.3 Å². The van der Waals surface area contributed by atoms with Crippen LogP contribution in [-0.2, 0) is 13.0 Å². The molecule has 0 unspecified atom stereocenters. The van der Waals surface area contributed by atoms with Crippen LogP contribution in [0.3, 0.4) is 0 Å². The summed E-state index contributed by atoms with van der Waals surface area (Å²) in [6.07, 6.45) is 2.41. The fraction of sp³-hybridized carbons (Fsp3) is 0.357. The van der Waals surface area contributed by atoms with E-state index < -0.39 is 0 Å². The third-order valence-electron chi connectivity index (χ3n) is 6.34. The minimum atomic E-state index is 0.719. The summed E-state index contributed by atoms with van der Waals surface area (Å²) in [6.45, 7) is 9.27. The molecule has 3 heteroatoms. The van der Waals surface area contributed by atoms with E-state index in [4.69, 9.17) is 11.6 Å². The van der Waals surface area contributed by atoms with E-state index in [1.54, 1.807) is 0 Å². The topological polar surface area (TPSA) is 6.48 Å². The van der Waals surface area contributed by atoms with Gasteiger partial charge in [-0.15, -0.1) is 0 Å². The van der Waals surface area contributed by atoms with Crippen LogP contribution in [-0.4, -0.2) is 42.5 Å². The van der Waals surface area contributed by atoms with E-state index in [2.05, 4.69) is 83.5 Å². The Balaban J connectivity index is 1.17. The van der Waals surface area contributed by atoms with E-state index in [0.717, 1.165) is 37.0 Å². The number of benzene rings is 3. The molecule has 1 aliphatic heterocycles. The van der Waals surface area contributed by atoms with E-state index in [9.17, 15) is 0 Å². The van der Waals surface area contributed by atoms with Gasteiger partial charge in [0, 0.05) is 44.3 Å². The van der Waals surface area contributed by atoms with Crippen molar-refractivity contribution >= 4 is 11.6 Å². The van der Waals surface area contributed by atoms with Crippen molar-refractivity contribution < 1.29 is 0 Å². The van der Waals surface area contributed by atoms with Crippen LogP contribution in [0, 0.1) is 5.92 Å². The van der Waals surface area contributed by atoms with Gasteiger partial charge in [0.15, 0.2) is 0 Å². The molecule has 31 heavy (non-hydrogen) atoms. The van der Waals surface area contributed by atoms with Gasteiger partial charge >= 0.3 is 0 Å². The van der Waals surface area contributed by atoms with Crippen molar-refractivity contribution in [3.05, 3.63) is 95.0 Å². The molecule has 0 aromatic heterocycles. The van der Waals surface area contributed by atoms with Gasteiger partial charge in [-0.25, -0.2) is 0 Å². The minimum Gasteiger partial charge on any atom is -0.301 e. The first-order valence-electron chi connectivity index (χ1n) is 11.5. The maximum atomic E-state index is 6.00. The Morgan fingerprint density at radius 1 is 0.710 bits per heavy atom. The highest BCUT2D eigenvalue weighted by atomic mass is 35.5. The SMILES string of the molecule is C[C@@H](CCc1ccc(-c2ccccc2)cc1)CN1CCN(Cc2ccc(Cl)cc2)CC1. The fourth-order valence-corrected chi connectivity index (χ4v) is 4.54. The van der Waals surface area contributed by atoms with Crippen molar-refractivity contribution in [2.45, 2.75) is 26.3 Å². The lowest BCUT2D eigenvalue weighted by molar-refractivity contribution is 0.114. The second-order valence-corrected chi connectivity index (χ2v) is 9.35. The molecule has 1 atom stereocenters. The van der Waals surface area contributed by atoms with E-state index in [0.29, 0.717) is 0 Å². The number of nitrogens with zero attached hydrogens (tertiary/aromatic N) is 2. The number of rotatable bonds is 8. The molecular weight excluding hydrogens is 400 g/mol. The van der Waals surface area contributed by atoms with Crippen molar-refractivity contribution in [2.75, 3.05) is 32.7 Å². The zero-order valence-electron chi connectivity index (χ0n) is 18.5. The molecule has 3 aromatic carbocycles. The summed E-state index contributed by atoms with van der Waals surface area (Å²) in [4.78, 5) is 5.19. The molecule has 1 heterocycles. The minimum absolute atomic E-state index is 0.719. The van der Waals surface area contributed by atoms with Gasteiger partial charge in [0.1, 0.15) is 0 Å². The summed E-state index contributed by atoms with van der Waals surface area (Å²) in [5.41, 5.74) is 5.38. The molecule has 162 valence electrons. The Hall–Kier alpha value is -2.13. The van der Waals surface area contributed by atoms with Crippen molar-refractivity contribution in [3.8, 4) is 11.1 Å². The summed E-state index contributed by atoms with van der Waals surface area (Å²) in [5.74, 6) is 0.719. The van der Waals surface area contributed by atoms with Gasteiger partial charge in [-0.05, 0) is 53.1 Å². The molecule has 1 fully saturated rings. The predicted molar refractivity (Wildman–Crippen MR) is 133 cm³/mol. The zero-order chi connectivity index (χ0) is 21.5. The molecule has 0 radical (unpaired) electrons. The van der Waals surface area contributed by atoms with Crippen LogP contribution in [0.5, 0.6) is 0 Å². The summed E-state index contributed by atoms with van der Waals surface area (Å²) < 4.78 is 0. The van der Waals surface area contributed by atoms with Gasteiger partial charge in [0.25, 0.3) is 0 Å². The van der Waals surface area contributed by atoms with Crippen LogP contribution in [0.1, 0.15) is 24.5 Å². The molecular formula is C28H33ClN2. The average Bonchev–Trinajstić information content (AvgIpc) is 2.81. The van der Waals surface area contributed by atoms with E-state index in [1.807, 2.05) is 12.1 Å². The van der Waals surface area contributed by atoms with Gasteiger partial charge in [0.05, 0.1) is 0 Å². The van der Waals surface area contributed by atoms with Crippen molar-refractivity contribution in [1.82, 2.24) is 9.80 Å². The lowest BCUT2D eigenvalue weighted by Crippen LogP contribution is -2.47. The molecule has 0 bridgehead atoms. The fourth-order valence-electron chi connectivity index (χ4n) is 4.42. The first-order valence-corrected chi connectivity index (χ1v) is 11.9. The summed E-state index contributed by atoms with van der Waals surface area (Å²) >= 11 is 6.00. The second-order valence-electron chi connectivity index (χ2n) is 8.91. The monoisotopic (exact) mass is 432 g/mol. The molecule has 2 nitrogen and oxygen atoms in total. The molecule has 4 rings (SSSR count). The summed E-state index contributed by atoms with van der Waals surface area (Å²) in [6, 6.07) is 28.0. The number of halogens is 1. The molecule has 0 spiro atoms. The highest BCUT2D eigenvalue weighted by molar-refractivity contribution is 6.30. The smallest absolute Gasteiger partial charge is 0.0406 e. The second kappa shape index (κ2) is 10.9. The summed E-state index contributed by atoms with van der Waals surface area (Å²) in [7, 11) is 0. The molecule has 1 aliphatic rings. The molecule has 3 aromatic rings. The Labute approximate surface area is 192 Å². The third-order valence-corrected chi connectivity index (χ3v) is 6.59. The Morgan fingerprint density at radius 2 is 1.29 bits per heavy atom. The number of hydrogen-bond acceptors (Lipinski definition) is 2. The van der Waals surface area contributed by atoms with Crippen LogP contribution in [0.15, 0.2) is 78.9 Å². The first-order chi connectivity index (χ1) is 15.2. The maximum Gasteiger partial charge on any atom is 0.0406 e. The zero-order valence-corrected chi connectivity index (χ0v) is 19.3. The van der Waals surface area contributed by atoms with Gasteiger partial charge < -0.3 is 4.90 Å². The van der Waals surface area contributed by atoms with Crippen LogP contribution >= 0.6 is 11.6 Å². The lowest BCUT2D eigenvalue weighted by atomic mass is 9.98. The Bertz CT molecular complexity index is 913. The highest BCUT2D eigenvalue weighted by Crippen LogP contribution is 2.21. The quantitative estimate of drug-likeness (QED) is 0.406. The van der Waals surface area contributed by atoms with Crippen molar-refractivity contribution in [2.24, 2.45) is 5.92 Å². The number of piperazine rings is 1. The predicted octanol–water partition coefficient (Wildman–Crippen LogP) is 6.39. The van der Waals surface area contributed by atoms with Gasteiger partial charge in [-0.2, -0.15) is 0 Å².